The van der Waals surface area contributed by atoms with Gasteiger partial charge in [-0.15, -0.1) is 25.8 Å². The molecule has 0 bridgehead atoms. The summed E-state index contributed by atoms with van der Waals surface area (Å²) in [6, 6.07) is 0. The smallest absolute Gasteiger partial charge is 0.153 e. The van der Waals surface area contributed by atoms with Crippen LogP contribution in [-0.4, -0.2) is 19.5 Å². The maximum Gasteiger partial charge on any atom is 0.153 e. The highest BCUT2D eigenvalue weighted by atomic mass is 32.2. The first-order valence-electron chi connectivity index (χ1n) is 3.23. The van der Waals surface area contributed by atoms with Crippen molar-refractivity contribution < 1.29 is 0 Å². The molecule has 0 saturated heterocycles. The number of nitrogens with zero attached hydrogens (tertiary/aromatic N) is 1. The van der Waals surface area contributed by atoms with Crippen LogP contribution in [-0.2, 0) is 0 Å². The molecule has 0 aromatic heterocycles. The molecule has 68 valence electrons. The van der Waals surface area contributed by atoms with E-state index < -0.39 is 0 Å². The van der Waals surface area contributed by atoms with Crippen LogP contribution in [0.3, 0.4) is 0 Å². The molecule has 0 spiro atoms. The van der Waals surface area contributed by atoms with Gasteiger partial charge in [-0.3, -0.25) is 0 Å². The normalized spacial score (nSPS) is 9.08. The Kier molecular flexibility index (Phi) is 8.32. The van der Waals surface area contributed by atoms with E-state index in [1.54, 1.807) is 23.9 Å². The van der Waals surface area contributed by atoms with Crippen LogP contribution < -0.4 is 0 Å². The molecule has 0 aromatic carbocycles. The van der Waals surface area contributed by atoms with Gasteiger partial charge in [-0.2, -0.15) is 0 Å². The molecule has 0 amide bonds. The van der Waals surface area contributed by atoms with Crippen molar-refractivity contribution in [2.24, 2.45) is 0 Å². The van der Waals surface area contributed by atoms with Gasteiger partial charge in [0.15, 0.2) is 4.32 Å². The molecule has 0 N–H and O–H groups in total. The third-order valence-electron chi connectivity index (χ3n) is 0.775. The molecule has 5 heteroatoms. The predicted molar refractivity (Wildman–Crippen MR) is 68.7 cm³/mol. The van der Waals surface area contributed by atoms with Crippen molar-refractivity contribution in [1.82, 2.24) is 3.71 Å². The minimum Gasteiger partial charge on any atom is -0.242 e. The summed E-state index contributed by atoms with van der Waals surface area (Å²) in [6.07, 6.45) is 3.66. The van der Waals surface area contributed by atoms with Crippen LogP contribution in [0.15, 0.2) is 25.3 Å². The number of hydrogen-bond acceptors (Lipinski definition) is 3. The summed E-state index contributed by atoms with van der Waals surface area (Å²) in [4.78, 5) is 0. The second-order valence-electron chi connectivity index (χ2n) is 1.71. The van der Waals surface area contributed by atoms with Crippen LogP contribution in [0, 0.1) is 0 Å². The highest BCUT2D eigenvalue weighted by Crippen LogP contribution is 2.23. The van der Waals surface area contributed by atoms with E-state index in [9.17, 15) is 0 Å². The van der Waals surface area contributed by atoms with Crippen LogP contribution in [0.4, 0.5) is 0 Å². The molecule has 0 radical (unpaired) electrons. The van der Waals surface area contributed by atoms with Crippen molar-refractivity contribution in [3.63, 3.8) is 0 Å². The van der Waals surface area contributed by atoms with E-state index in [-0.39, 0.29) is 0 Å². The quantitative estimate of drug-likeness (QED) is 0.327. The fourth-order valence-corrected chi connectivity index (χ4v) is 2.42. The summed E-state index contributed by atoms with van der Waals surface area (Å²) >= 11 is 12.2. The summed E-state index contributed by atoms with van der Waals surface area (Å²) in [5, 5.41) is 0. The first-order valence-corrected chi connectivity index (χ1v) is 5.97. The Bertz CT molecular complexity index is 157. The molecule has 0 rings (SSSR count). The lowest BCUT2D eigenvalue weighted by molar-refractivity contribution is 1.19. The van der Waals surface area contributed by atoms with Gasteiger partial charge < -0.3 is 0 Å². The van der Waals surface area contributed by atoms with E-state index in [2.05, 4.69) is 25.8 Å². The minimum atomic E-state index is 0.578. The molecule has 0 aliphatic carbocycles. The number of thiocarbonyl (C=S) groups is 1. The molecule has 0 fully saturated rings. The van der Waals surface area contributed by atoms with E-state index in [1.807, 2.05) is 15.9 Å². The van der Waals surface area contributed by atoms with E-state index >= 15 is 0 Å². The van der Waals surface area contributed by atoms with Crippen LogP contribution in [0.2, 0.25) is 0 Å². The summed E-state index contributed by atoms with van der Waals surface area (Å²) < 4.78 is 2.45. The Hall–Kier alpha value is 0.420. The maximum atomic E-state index is 4.92. The van der Waals surface area contributed by atoms with Crippen molar-refractivity contribution in [2.45, 2.75) is 0 Å². The predicted octanol–water partition coefficient (Wildman–Crippen LogP) is 3.17. The molecule has 0 aliphatic heterocycles. The molecule has 0 aliphatic rings. The van der Waals surface area contributed by atoms with Gasteiger partial charge in [0.1, 0.15) is 0 Å². The fraction of sp³-hybridized carbons (Fsp3) is 0.286. The lowest BCUT2D eigenvalue weighted by atomic mass is 10.8. The molecule has 0 unspecified atom stereocenters. The van der Waals surface area contributed by atoms with Crippen LogP contribution in [0.1, 0.15) is 0 Å². The Morgan fingerprint density at radius 1 is 1.33 bits per heavy atom. The lowest BCUT2D eigenvalue weighted by Crippen LogP contribution is -2.09. The minimum absolute atomic E-state index is 0.578. The molecule has 0 aromatic rings. The first kappa shape index (κ1) is 12.4. The zero-order valence-corrected chi connectivity index (χ0v) is 9.95. The van der Waals surface area contributed by atoms with Crippen molar-refractivity contribution in [2.75, 3.05) is 11.5 Å². The van der Waals surface area contributed by atoms with Crippen LogP contribution in [0.25, 0.3) is 0 Å². The molecule has 0 heterocycles. The molecular weight excluding hydrogens is 226 g/mol. The van der Waals surface area contributed by atoms with Gasteiger partial charge >= 0.3 is 0 Å². The summed E-state index contributed by atoms with van der Waals surface area (Å²) in [6.45, 7) is 7.25. The fourth-order valence-electron chi connectivity index (χ4n) is 0.389. The van der Waals surface area contributed by atoms with Crippen molar-refractivity contribution >= 4 is 53.1 Å². The third-order valence-corrected chi connectivity index (χ3v) is 3.90. The Balaban J connectivity index is 3.77. The van der Waals surface area contributed by atoms with E-state index in [0.29, 0.717) is 4.32 Å². The Labute approximate surface area is 93.3 Å². The van der Waals surface area contributed by atoms with Gasteiger partial charge in [-0.25, -0.2) is 3.71 Å². The average molecular weight is 237 g/mol. The monoisotopic (exact) mass is 237 g/mol. The van der Waals surface area contributed by atoms with Gasteiger partial charge in [0, 0.05) is 11.5 Å². The zero-order chi connectivity index (χ0) is 9.40. The van der Waals surface area contributed by atoms with E-state index in [0.717, 1.165) is 11.5 Å². The van der Waals surface area contributed by atoms with Crippen molar-refractivity contribution in [1.29, 1.82) is 0 Å². The maximum absolute atomic E-state index is 4.92. The van der Waals surface area contributed by atoms with E-state index in [4.69, 9.17) is 12.2 Å². The van der Waals surface area contributed by atoms with Crippen molar-refractivity contribution in [3.8, 4) is 0 Å². The summed E-state index contributed by atoms with van der Waals surface area (Å²) in [7, 11) is 0. The topological polar surface area (TPSA) is 3.24 Å². The Morgan fingerprint density at radius 2 is 1.75 bits per heavy atom. The third kappa shape index (κ3) is 5.99. The number of rotatable bonds is 6. The van der Waals surface area contributed by atoms with Gasteiger partial charge in [0.05, 0.1) is 0 Å². The molecule has 0 atom stereocenters. The van der Waals surface area contributed by atoms with Crippen LogP contribution in [0.5, 0.6) is 0 Å². The summed E-state index contributed by atoms with van der Waals surface area (Å²) in [5.74, 6) is 1.68. The highest BCUT2D eigenvalue weighted by Gasteiger charge is 2.04. The number of hydrogen-bond donors (Lipinski definition) is 1. The van der Waals surface area contributed by atoms with Gasteiger partial charge in [-0.05, 0) is 23.9 Å². The van der Waals surface area contributed by atoms with Gasteiger partial charge in [0.25, 0.3) is 0 Å². The second kappa shape index (κ2) is 8.04. The first-order chi connectivity index (χ1) is 5.72. The van der Waals surface area contributed by atoms with Crippen molar-refractivity contribution in [3.05, 3.63) is 25.3 Å². The van der Waals surface area contributed by atoms with Crippen LogP contribution >= 0.6 is 48.7 Å². The molecule has 1 nitrogen and oxygen atoms in total. The average Bonchev–Trinajstić information content (AvgIpc) is 2.04. The Morgan fingerprint density at radius 3 is 2.00 bits per heavy atom. The molecular formula is C7H11NS4. The highest BCUT2D eigenvalue weighted by molar-refractivity contribution is 8.20. The number of thiol groups is 1. The van der Waals surface area contributed by atoms with E-state index in [1.165, 1.54) is 0 Å². The largest absolute Gasteiger partial charge is 0.242 e. The molecule has 12 heavy (non-hydrogen) atoms. The lowest BCUT2D eigenvalue weighted by Gasteiger charge is -2.17. The SMILES string of the molecule is C=CCSN(SCC=C)C(=S)S. The zero-order valence-electron chi connectivity index (χ0n) is 6.60. The summed E-state index contributed by atoms with van der Waals surface area (Å²) in [5.41, 5.74) is 0. The molecule has 0 saturated carbocycles. The van der Waals surface area contributed by atoms with Gasteiger partial charge in [-0.1, -0.05) is 24.4 Å². The standard InChI is InChI=1S/C7H11NS4/c1-3-5-11-8(7(9)10)12-6-4-2/h3-4H,1-2,5-6H2,(H,9,10). The van der Waals surface area contributed by atoms with Gasteiger partial charge in [0.2, 0.25) is 0 Å². The second-order valence-corrected chi connectivity index (χ2v) is 4.97.